The number of nitrogens with one attached hydrogen (secondary N) is 2. The number of hydrazone groups is 1. The van der Waals surface area contributed by atoms with Gasteiger partial charge in [0.25, 0.3) is 0 Å². The maximum Gasteiger partial charge on any atom is 0.308 e. The maximum absolute atomic E-state index is 11.5. The Morgan fingerprint density at radius 1 is 1.50 bits per heavy atom. The molecule has 0 radical (unpaired) electrons. The molecule has 0 aliphatic carbocycles. The number of nitrogen functional groups attached to an aromatic ring is 1. The first-order valence-electron chi connectivity index (χ1n) is 4.96. The maximum atomic E-state index is 11.5. The van der Waals surface area contributed by atoms with Gasteiger partial charge in [-0.25, -0.2) is 5.43 Å². The standard InChI is InChI=1S/C10H10N6O2/c11-10-13-8(14-16-10)9(18)15-12-5-6-3-1-2-4-7(6)17/h1-5,17H,(H,15,18)(H3,11,13,14,16)/b12-5-. The van der Waals surface area contributed by atoms with Crippen LogP contribution in [0.3, 0.4) is 0 Å². The SMILES string of the molecule is Nc1n[nH]c(C(=O)N/N=C\c2ccccc2O)n1. The summed E-state index contributed by atoms with van der Waals surface area (Å²) in [4.78, 5) is 15.1. The zero-order valence-electron chi connectivity index (χ0n) is 9.16. The number of aromatic hydroxyl groups is 1. The number of para-hydroxylation sites is 1. The molecule has 0 unspecified atom stereocenters. The van der Waals surface area contributed by atoms with E-state index in [1.807, 2.05) is 0 Å². The van der Waals surface area contributed by atoms with Gasteiger partial charge >= 0.3 is 5.91 Å². The van der Waals surface area contributed by atoms with Crippen molar-refractivity contribution in [3.05, 3.63) is 35.7 Å². The summed E-state index contributed by atoms with van der Waals surface area (Å²) in [6.45, 7) is 0. The zero-order valence-corrected chi connectivity index (χ0v) is 9.16. The van der Waals surface area contributed by atoms with Crippen LogP contribution in [0.2, 0.25) is 0 Å². The monoisotopic (exact) mass is 246 g/mol. The number of nitrogens with zero attached hydrogens (tertiary/aromatic N) is 3. The van der Waals surface area contributed by atoms with Crippen LogP contribution >= 0.6 is 0 Å². The smallest absolute Gasteiger partial charge is 0.308 e. The third-order valence-electron chi connectivity index (χ3n) is 2.02. The molecular formula is C10H10N6O2. The Labute approximate surface area is 102 Å². The molecule has 8 nitrogen and oxygen atoms in total. The number of H-pyrrole nitrogens is 1. The Morgan fingerprint density at radius 3 is 2.94 bits per heavy atom. The predicted molar refractivity (Wildman–Crippen MR) is 64.0 cm³/mol. The van der Waals surface area contributed by atoms with Gasteiger partial charge in [0.15, 0.2) is 0 Å². The molecule has 18 heavy (non-hydrogen) atoms. The summed E-state index contributed by atoms with van der Waals surface area (Å²) in [6.07, 6.45) is 1.31. The molecule has 1 aromatic carbocycles. The third kappa shape index (κ3) is 2.61. The minimum Gasteiger partial charge on any atom is -0.507 e. The number of phenolic OH excluding ortho intramolecular Hbond substituents is 1. The van der Waals surface area contributed by atoms with Crippen molar-refractivity contribution in [2.24, 2.45) is 5.10 Å². The van der Waals surface area contributed by atoms with Crippen molar-refractivity contribution in [1.82, 2.24) is 20.6 Å². The Morgan fingerprint density at radius 2 is 2.28 bits per heavy atom. The number of nitrogens with two attached hydrogens (primary N) is 1. The number of hydrogen-bond acceptors (Lipinski definition) is 6. The lowest BCUT2D eigenvalue weighted by Gasteiger charge is -1.97. The highest BCUT2D eigenvalue weighted by molar-refractivity contribution is 5.92. The molecule has 92 valence electrons. The molecule has 1 amide bonds. The van der Waals surface area contributed by atoms with E-state index in [1.165, 1.54) is 12.3 Å². The van der Waals surface area contributed by atoms with Crippen LogP contribution in [0.1, 0.15) is 16.2 Å². The lowest BCUT2D eigenvalue weighted by Crippen LogP contribution is -2.19. The van der Waals surface area contributed by atoms with E-state index in [1.54, 1.807) is 18.2 Å². The van der Waals surface area contributed by atoms with E-state index < -0.39 is 5.91 Å². The normalized spacial score (nSPS) is 10.7. The molecule has 0 atom stereocenters. The number of carbonyl (C=O) groups excluding carboxylic acids is 1. The van der Waals surface area contributed by atoms with Crippen LogP contribution < -0.4 is 11.2 Å². The molecule has 1 heterocycles. The second kappa shape index (κ2) is 4.95. The summed E-state index contributed by atoms with van der Waals surface area (Å²) in [7, 11) is 0. The summed E-state index contributed by atoms with van der Waals surface area (Å²) in [5.41, 5.74) is 7.95. The van der Waals surface area contributed by atoms with E-state index in [0.29, 0.717) is 5.56 Å². The molecule has 1 aromatic heterocycles. The molecule has 0 aliphatic heterocycles. The van der Waals surface area contributed by atoms with Gasteiger partial charge in [0, 0.05) is 5.56 Å². The Hall–Kier alpha value is -2.90. The summed E-state index contributed by atoms with van der Waals surface area (Å²) >= 11 is 0. The first-order chi connectivity index (χ1) is 8.66. The van der Waals surface area contributed by atoms with Gasteiger partial charge < -0.3 is 10.8 Å². The van der Waals surface area contributed by atoms with Gasteiger partial charge in [0.2, 0.25) is 11.8 Å². The van der Waals surface area contributed by atoms with Crippen molar-refractivity contribution >= 4 is 18.1 Å². The van der Waals surface area contributed by atoms with Crippen LogP contribution in [0, 0.1) is 0 Å². The van der Waals surface area contributed by atoms with E-state index >= 15 is 0 Å². The topological polar surface area (TPSA) is 129 Å². The van der Waals surface area contributed by atoms with Crippen LogP contribution in [0.4, 0.5) is 5.95 Å². The van der Waals surface area contributed by atoms with E-state index in [4.69, 9.17) is 5.73 Å². The Kier molecular flexibility index (Phi) is 3.19. The lowest BCUT2D eigenvalue weighted by atomic mass is 10.2. The van der Waals surface area contributed by atoms with Gasteiger partial charge in [-0.3, -0.25) is 9.89 Å². The molecule has 0 spiro atoms. The molecule has 5 N–H and O–H groups in total. The van der Waals surface area contributed by atoms with Gasteiger partial charge in [0.1, 0.15) is 5.75 Å². The highest BCUT2D eigenvalue weighted by Gasteiger charge is 2.08. The van der Waals surface area contributed by atoms with Crippen LogP contribution in [-0.4, -0.2) is 32.4 Å². The molecule has 0 saturated carbocycles. The number of amides is 1. The van der Waals surface area contributed by atoms with Crippen LogP contribution in [0.25, 0.3) is 0 Å². The second-order valence-electron chi connectivity index (χ2n) is 3.30. The molecule has 0 saturated heterocycles. The lowest BCUT2D eigenvalue weighted by molar-refractivity contribution is 0.0945. The van der Waals surface area contributed by atoms with Gasteiger partial charge in [0.05, 0.1) is 6.21 Å². The summed E-state index contributed by atoms with van der Waals surface area (Å²) in [5, 5.41) is 19.0. The first-order valence-corrected chi connectivity index (χ1v) is 4.96. The van der Waals surface area contributed by atoms with Crippen molar-refractivity contribution < 1.29 is 9.90 Å². The molecule has 8 heteroatoms. The highest BCUT2D eigenvalue weighted by Crippen LogP contribution is 2.12. The van der Waals surface area contributed by atoms with Crippen LogP contribution in [-0.2, 0) is 0 Å². The fourth-order valence-corrected chi connectivity index (χ4v) is 1.19. The molecule has 0 fully saturated rings. The zero-order chi connectivity index (χ0) is 13.0. The number of hydrogen-bond donors (Lipinski definition) is 4. The number of carbonyl (C=O) groups is 1. The fourth-order valence-electron chi connectivity index (χ4n) is 1.19. The van der Waals surface area contributed by atoms with Gasteiger partial charge in [-0.05, 0) is 12.1 Å². The van der Waals surface area contributed by atoms with Crippen molar-refractivity contribution in [1.29, 1.82) is 0 Å². The average molecular weight is 246 g/mol. The molecular weight excluding hydrogens is 236 g/mol. The minimum absolute atomic E-state index is 0.0233. The van der Waals surface area contributed by atoms with Crippen molar-refractivity contribution in [2.45, 2.75) is 0 Å². The van der Waals surface area contributed by atoms with Crippen LogP contribution in [0.15, 0.2) is 29.4 Å². The summed E-state index contributed by atoms with van der Waals surface area (Å²) < 4.78 is 0. The third-order valence-corrected chi connectivity index (χ3v) is 2.02. The van der Waals surface area contributed by atoms with Crippen LogP contribution in [0.5, 0.6) is 5.75 Å². The summed E-state index contributed by atoms with van der Waals surface area (Å²) in [5.74, 6) is -0.572. The predicted octanol–water partition coefficient (Wildman–Crippen LogP) is -0.144. The summed E-state index contributed by atoms with van der Waals surface area (Å²) in [6, 6.07) is 6.58. The molecule has 2 aromatic rings. The van der Waals surface area contributed by atoms with Crippen molar-refractivity contribution in [3.63, 3.8) is 0 Å². The Balaban J connectivity index is 2.00. The number of aromatic amines is 1. The largest absolute Gasteiger partial charge is 0.507 e. The number of aromatic nitrogens is 3. The van der Waals surface area contributed by atoms with E-state index in [2.05, 4.69) is 25.7 Å². The minimum atomic E-state index is -0.578. The second-order valence-corrected chi connectivity index (χ2v) is 3.30. The fraction of sp³-hybridized carbons (Fsp3) is 0. The molecule has 0 bridgehead atoms. The average Bonchev–Trinajstić information content (AvgIpc) is 2.78. The van der Waals surface area contributed by atoms with Crippen molar-refractivity contribution in [2.75, 3.05) is 5.73 Å². The van der Waals surface area contributed by atoms with E-state index in [0.717, 1.165) is 0 Å². The van der Waals surface area contributed by atoms with Crippen molar-refractivity contribution in [3.8, 4) is 5.75 Å². The highest BCUT2D eigenvalue weighted by atomic mass is 16.3. The van der Waals surface area contributed by atoms with E-state index in [-0.39, 0.29) is 17.5 Å². The van der Waals surface area contributed by atoms with E-state index in [9.17, 15) is 9.90 Å². The number of anilines is 1. The van der Waals surface area contributed by atoms with Gasteiger partial charge in [-0.1, -0.05) is 12.1 Å². The van der Waals surface area contributed by atoms with Gasteiger partial charge in [-0.15, -0.1) is 5.10 Å². The number of benzene rings is 1. The quantitative estimate of drug-likeness (QED) is 0.442. The van der Waals surface area contributed by atoms with Gasteiger partial charge in [-0.2, -0.15) is 10.1 Å². The Bertz CT molecular complexity index is 592. The first kappa shape index (κ1) is 11.6. The number of rotatable bonds is 3. The number of phenols is 1. The molecule has 2 rings (SSSR count). The molecule has 0 aliphatic rings.